The Balaban J connectivity index is 1.54. The summed E-state index contributed by atoms with van der Waals surface area (Å²) in [6, 6.07) is 12.8. The Morgan fingerprint density at radius 2 is 1.73 bits per heavy atom. The molecule has 2 aromatic carbocycles. The maximum atomic E-state index is 12.5. The molecule has 0 aromatic heterocycles. The molecule has 1 heterocycles. The second-order valence-corrected chi connectivity index (χ2v) is 11.3. The lowest BCUT2D eigenvalue weighted by molar-refractivity contribution is 0.0950. The highest BCUT2D eigenvalue weighted by atomic mass is 32.2. The van der Waals surface area contributed by atoms with Gasteiger partial charge in [-0.3, -0.25) is 9.10 Å². The molecule has 0 saturated carbocycles. The second-order valence-electron chi connectivity index (χ2n) is 9.37. The molecule has 0 aliphatic carbocycles. The fourth-order valence-electron chi connectivity index (χ4n) is 4.10. The van der Waals surface area contributed by atoms with Crippen molar-refractivity contribution >= 4 is 21.6 Å². The number of hydrogen-bond donors (Lipinski definition) is 1. The molecule has 33 heavy (non-hydrogen) atoms. The second kappa shape index (κ2) is 11.2. The average Bonchev–Trinajstić information content (AvgIpc) is 2.78. The molecule has 0 spiro atoms. The van der Waals surface area contributed by atoms with E-state index in [4.69, 9.17) is 0 Å². The summed E-state index contributed by atoms with van der Waals surface area (Å²) in [5, 5.41) is 3.00. The Bertz CT molecular complexity index is 1040. The number of carbonyl (C=O) groups is 1. The summed E-state index contributed by atoms with van der Waals surface area (Å²) < 4.78 is 26.3. The summed E-state index contributed by atoms with van der Waals surface area (Å²) >= 11 is 0. The molecule has 0 bridgehead atoms. The van der Waals surface area contributed by atoms with Gasteiger partial charge < -0.3 is 10.2 Å². The first kappa shape index (κ1) is 25.2. The van der Waals surface area contributed by atoms with Gasteiger partial charge in [-0.25, -0.2) is 8.42 Å². The highest BCUT2D eigenvalue weighted by Gasteiger charge is 2.19. The van der Waals surface area contributed by atoms with Crippen LogP contribution in [0.5, 0.6) is 0 Å². The van der Waals surface area contributed by atoms with Gasteiger partial charge in [-0.15, -0.1) is 0 Å². The molecule has 0 atom stereocenters. The van der Waals surface area contributed by atoms with Crippen LogP contribution in [-0.4, -0.2) is 51.7 Å². The van der Waals surface area contributed by atoms with Gasteiger partial charge in [-0.05, 0) is 99.6 Å². The standard InChI is InChI=1S/C26H37N3O3S/c1-20-12-16-28(17-13-20)15-5-14-27-26(30)24-9-7-23(8-10-24)19-29(33(4,31)32)25-11-6-21(2)22(3)18-25/h6-11,18,20H,5,12-17,19H2,1-4H3,(H,27,30). The zero-order valence-corrected chi connectivity index (χ0v) is 21.1. The zero-order valence-electron chi connectivity index (χ0n) is 20.3. The molecular weight excluding hydrogens is 434 g/mol. The van der Waals surface area contributed by atoms with E-state index in [-0.39, 0.29) is 12.5 Å². The van der Waals surface area contributed by atoms with Crippen LogP contribution in [-0.2, 0) is 16.6 Å². The smallest absolute Gasteiger partial charge is 0.251 e. The first-order chi connectivity index (χ1) is 15.6. The summed E-state index contributed by atoms with van der Waals surface area (Å²) in [6.45, 7) is 10.5. The maximum absolute atomic E-state index is 12.5. The van der Waals surface area contributed by atoms with E-state index in [0.29, 0.717) is 17.8 Å². The van der Waals surface area contributed by atoms with Crippen molar-refractivity contribution in [2.45, 2.75) is 46.6 Å². The first-order valence-corrected chi connectivity index (χ1v) is 13.6. The SMILES string of the molecule is Cc1ccc(N(Cc2ccc(C(=O)NCCCN3CCC(C)CC3)cc2)S(C)(=O)=O)cc1C. The number of nitrogens with one attached hydrogen (secondary N) is 1. The van der Waals surface area contributed by atoms with Crippen LogP contribution in [0, 0.1) is 19.8 Å². The summed E-state index contributed by atoms with van der Waals surface area (Å²) in [5.41, 5.74) is 4.22. The molecule has 1 N–H and O–H groups in total. The summed E-state index contributed by atoms with van der Waals surface area (Å²) in [4.78, 5) is 15.0. The van der Waals surface area contributed by atoms with Gasteiger partial charge in [0, 0.05) is 12.1 Å². The van der Waals surface area contributed by atoms with Gasteiger partial charge in [0.1, 0.15) is 0 Å². The van der Waals surface area contributed by atoms with E-state index in [2.05, 4.69) is 17.1 Å². The van der Waals surface area contributed by atoms with Crippen molar-refractivity contribution in [3.63, 3.8) is 0 Å². The molecule has 1 amide bonds. The third-order valence-electron chi connectivity index (χ3n) is 6.53. The van der Waals surface area contributed by atoms with Gasteiger partial charge in [0.05, 0.1) is 18.5 Å². The number of piperidine rings is 1. The zero-order chi connectivity index (χ0) is 24.0. The number of aryl methyl sites for hydroxylation is 2. The minimum atomic E-state index is -3.45. The number of amides is 1. The molecule has 1 fully saturated rings. The van der Waals surface area contributed by atoms with Gasteiger partial charge in [0.2, 0.25) is 10.0 Å². The van der Waals surface area contributed by atoms with Crippen LogP contribution in [0.15, 0.2) is 42.5 Å². The average molecular weight is 472 g/mol. The number of nitrogens with zero attached hydrogens (tertiary/aromatic N) is 2. The predicted molar refractivity (Wildman–Crippen MR) is 135 cm³/mol. The third-order valence-corrected chi connectivity index (χ3v) is 7.67. The van der Waals surface area contributed by atoms with E-state index in [1.54, 1.807) is 12.1 Å². The molecule has 0 unspecified atom stereocenters. The van der Waals surface area contributed by atoms with Crippen LogP contribution in [0.25, 0.3) is 0 Å². The van der Waals surface area contributed by atoms with Crippen molar-refractivity contribution in [1.29, 1.82) is 0 Å². The largest absolute Gasteiger partial charge is 0.352 e. The van der Waals surface area contributed by atoms with Crippen LogP contribution < -0.4 is 9.62 Å². The van der Waals surface area contributed by atoms with E-state index in [1.807, 2.05) is 44.2 Å². The molecule has 1 aliphatic rings. The predicted octanol–water partition coefficient (Wildman–Crippen LogP) is 4.12. The molecule has 7 heteroatoms. The number of benzene rings is 2. The monoisotopic (exact) mass is 471 g/mol. The number of hydrogen-bond acceptors (Lipinski definition) is 4. The lowest BCUT2D eigenvalue weighted by atomic mass is 9.99. The molecule has 180 valence electrons. The van der Waals surface area contributed by atoms with E-state index in [0.717, 1.165) is 48.7 Å². The Morgan fingerprint density at radius 3 is 2.33 bits per heavy atom. The van der Waals surface area contributed by atoms with Crippen molar-refractivity contribution in [3.05, 3.63) is 64.7 Å². The van der Waals surface area contributed by atoms with Crippen molar-refractivity contribution in [2.75, 3.05) is 36.7 Å². The van der Waals surface area contributed by atoms with Gasteiger partial charge in [0.25, 0.3) is 5.91 Å². The van der Waals surface area contributed by atoms with Crippen molar-refractivity contribution in [1.82, 2.24) is 10.2 Å². The fourth-order valence-corrected chi connectivity index (χ4v) is 4.98. The lowest BCUT2D eigenvalue weighted by Crippen LogP contribution is -2.35. The van der Waals surface area contributed by atoms with Crippen LogP contribution in [0.4, 0.5) is 5.69 Å². The van der Waals surface area contributed by atoms with E-state index in [9.17, 15) is 13.2 Å². The van der Waals surface area contributed by atoms with E-state index < -0.39 is 10.0 Å². The molecule has 6 nitrogen and oxygen atoms in total. The number of anilines is 1. The van der Waals surface area contributed by atoms with Crippen molar-refractivity contribution in [2.24, 2.45) is 5.92 Å². The summed E-state index contributed by atoms with van der Waals surface area (Å²) in [5.74, 6) is 0.734. The van der Waals surface area contributed by atoms with Crippen LogP contribution in [0.2, 0.25) is 0 Å². The lowest BCUT2D eigenvalue weighted by Gasteiger charge is -2.30. The molecule has 2 aromatic rings. The summed E-state index contributed by atoms with van der Waals surface area (Å²) in [7, 11) is -3.45. The summed E-state index contributed by atoms with van der Waals surface area (Å²) in [6.07, 6.45) is 4.68. The number of sulfonamides is 1. The topological polar surface area (TPSA) is 69.7 Å². The molecule has 0 radical (unpaired) electrons. The first-order valence-electron chi connectivity index (χ1n) is 11.8. The minimum absolute atomic E-state index is 0.0945. The molecule has 3 rings (SSSR count). The third kappa shape index (κ3) is 7.30. The highest BCUT2D eigenvalue weighted by Crippen LogP contribution is 2.23. The number of likely N-dealkylation sites (tertiary alicyclic amines) is 1. The van der Waals surface area contributed by atoms with Gasteiger partial charge in [0.15, 0.2) is 0 Å². The number of rotatable bonds is 9. The van der Waals surface area contributed by atoms with Gasteiger partial charge in [-0.1, -0.05) is 25.1 Å². The van der Waals surface area contributed by atoms with Crippen LogP contribution >= 0.6 is 0 Å². The fraction of sp³-hybridized carbons (Fsp3) is 0.500. The molecule has 1 saturated heterocycles. The van der Waals surface area contributed by atoms with Crippen molar-refractivity contribution in [3.8, 4) is 0 Å². The molecule has 1 aliphatic heterocycles. The quantitative estimate of drug-likeness (QED) is 0.559. The van der Waals surface area contributed by atoms with Crippen LogP contribution in [0.3, 0.4) is 0 Å². The molecular formula is C26H37N3O3S. The number of carbonyl (C=O) groups excluding carboxylic acids is 1. The minimum Gasteiger partial charge on any atom is -0.352 e. The normalized spacial score (nSPS) is 15.4. The van der Waals surface area contributed by atoms with E-state index >= 15 is 0 Å². The Morgan fingerprint density at radius 1 is 1.06 bits per heavy atom. The van der Waals surface area contributed by atoms with Crippen LogP contribution in [0.1, 0.15) is 53.2 Å². The maximum Gasteiger partial charge on any atom is 0.251 e. The van der Waals surface area contributed by atoms with Gasteiger partial charge >= 0.3 is 0 Å². The Hall–Kier alpha value is -2.38. The van der Waals surface area contributed by atoms with Crippen molar-refractivity contribution < 1.29 is 13.2 Å². The highest BCUT2D eigenvalue weighted by molar-refractivity contribution is 7.92. The van der Waals surface area contributed by atoms with Gasteiger partial charge in [-0.2, -0.15) is 0 Å². The van der Waals surface area contributed by atoms with E-state index in [1.165, 1.54) is 23.4 Å². The Labute approximate surface area is 199 Å². The Kier molecular flexibility index (Phi) is 8.54.